The number of carbonyl (C=O) groups excluding carboxylic acids is 2. The number of hydrogen-bond donors (Lipinski definition) is 1. The standard InChI is InChI=1S/C28H29Cl2NO5/c1-18(32)31-25-16-27(34-2)21(14-24(25)30)17-36-22-11-12-23(28(15-22)35-3)19-7-9-20(10-8-19)26(33)6-4-5-13-29/h7-12,14-16H,4-6,13,17H2,1-3H3,(H,31,32). The first kappa shape index (κ1) is 27.4. The van der Waals surface area contributed by atoms with Crippen LogP contribution in [-0.4, -0.2) is 31.8 Å². The summed E-state index contributed by atoms with van der Waals surface area (Å²) < 4.78 is 17.0. The van der Waals surface area contributed by atoms with Crippen LogP contribution in [0.2, 0.25) is 5.02 Å². The van der Waals surface area contributed by atoms with Gasteiger partial charge in [0.25, 0.3) is 0 Å². The van der Waals surface area contributed by atoms with E-state index in [0.717, 1.165) is 29.5 Å². The Morgan fingerprint density at radius 2 is 1.64 bits per heavy atom. The lowest BCUT2D eigenvalue weighted by Crippen LogP contribution is -2.07. The number of carbonyl (C=O) groups is 2. The van der Waals surface area contributed by atoms with Crippen LogP contribution in [0.4, 0.5) is 5.69 Å². The zero-order chi connectivity index (χ0) is 26.1. The largest absolute Gasteiger partial charge is 0.496 e. The third-order valence-corrected chi connectivity index (χ3v) is 6.13. The number of benzene rings is 3. The molecule has 0 saturated heterocycles. The number of ketones is 1. The van der Waals surface area contributed by atoms with E-state index in [0.29, 0.717) is 45.8 Å². The van der Waals surface area contributed by atoms with E-state index in [1.165, 1.54) is 6.92 Å². The van der Waals surface area contributed by atoms with Crippen molar-refractivity contribution in [1.29, 1.82) is 0 Å². The molecule has 0 unspecified atom stereocenters. The van der Waals surface area contributed by atoms with E-state index >= 15 is 0 Å². The molecule has 0 aliphatic rings. The molecule has 6 nitrogen and oxygen atoms in total. The van der Waals surface area contributed by atoms with Crippen molar-refractivity contribution in [2.45, 2.75) is 32.8 Å². The number of rotatable bonds is 12. The molecule has 0 radical (unpaired) electrons. The first-order valence-corrected chi connectivity index (χ1v) is 12.4. The van der Waals surface area contributed by atoms with Crippen LogP contribution < -0.4 is 19.5 Å². The van der Waals surface area contributed by atoms with Gasteiger partial charge in [-0.2, -0.15) is 0 Å². The summed E-state index contributed by atoms with van der Waals surface area (Å²) in [7, 11) is 3.14. The van der Waals surface area contributed by atoms with Crippen LogP contribution in [0.3, 0.4) is 0 Å². The fourth-order valence-corrected chi connectivity index (χ4v) is 4.13. The summed E-state index contributed by atoms with van der Waals surface area (Å²) in [5.41, 5.74) is 3.69. The zero-order valence-electron chi connectivity index (χ0n) is 20.5. The number of halogens is 2. The summed E-state index contributed by atoms with van der Waals surface area (Å²) in [5, 5.41) is 3.06. The number of hydrogen-bond acceptors (Lipinski definition) is 5. The Kier molecular flexibility index (Phi) is 10.0. The Hall–Kier alpha value is -3.22. The third-order valence-electron chi connectivity index (χ3n) is 5.55. The van der Waals surface area contributed by atoms with Crippen LogP contribution in [0.1, 0.15) is 42.1 Å². The topological polar surface area (TPSA) is 73.9 Å². The number of Topliss-reactive ketones (excluding diaryl/α,β-unsaturated/α-hetero) is 1. The van der Waals surface area contributed by atoms with Gasteiger partial charge in [0.2, 0.25) is 5.91 Å². The van der Waals surface area contributed by atoms with Crippen LogP contribution >= 0.6 is 23.2 Å². The minimum Gasteiger partial charge on any atom is -0.496 e. The second-order valence-electron chi connectivity index (χ2n) is 8.12. The number of amides is 1. The fourth-order valence-electron chi connectivity index (χ4n) is 3.70. The van der Waals surface area contributed by atoms with Gasteiger partial charge in [-0.15, -0.1) is 11.6 Å². The van der Waals surface area contributed by atoms with Gasteiger partial charge in [-0.05, 0) is 36.6 Å². The van der Waals surface area contributed by atoms with Gasteiger partial charge in [-0.1, -0.05) is 35.9 Å². The molecule has 1 N–H and O–H groups in total. The third kappa shape index (κ3) is 7.15. The predicted octanol–water partition coefficient (Wildman–Crippen LogP) is 7.15. The molecule has 0 bridgehead atoms. The molecule has 3 aromatic carbocycles. The molecule has 0 spiro atoms. The van der Waals surface area contributed by atoms with Crippen molar-refractivity contribution in [2.75, 3.05) is 25.4 Å². The molecule has 36 heavy (non-hydrogen) atoms. The average molecular weight is 530 g/mol. The molecule has 0 aliphatic carbocycles. The predicted molar refractivity (Wildman–Crippen MR) is 144 cm³/mol. The van der Waals surface area contributed by atoms with Gasteiger partial charge in [0.1, 0.15) is 23.9 Å². The quantitative estimate of drug-likeness (QED) is 0.153. The Labute approximate surface area is 221 Å². The van der Waals surface area contributed by atoms with E-state index in [9.17, 15) is 9.59 Å². The lowest BCUT2D eigenvalue weighted by atomic mass is 10.00. The summed E-state index contributed by atoms with van der Waals surface area (Å²) >= 11 is 12.0. The Morgan fingerprint density at radius 1 is 0.917 bits per heavy atom. The highest BCUT2D eigenvalue weighted by molar-refractivity contribution is 6.33. The molecule has 0 saturated carbocycles. The lowest BCUT2D eigenvalue weighted by molar-refractivity contribution is -0.114. The van der Waals surface area contributed by atoms with Crippen LogP contribution in [0, 0.1) is 0 Å². The minimum atomic E-state index is -0.223. The number of methoxy groups -OCH3 is 2. The minimum absolute atomic E-state index is 0.114. The lowest BCUT2D eigenvalue weighted by Gasteiger charge is -2.15. The maximum atomic E-state index is 12.3. The highest BCUT2D eigenvalue weighted by Gasteiger charge is 2.13. The number of alkyl halides is 1. The van der Waals surface area contributed by atoms with Crippen molar-refractivity contribution >= 4 is 40.6 Å². The maximum absolute atomic E-state index is 12.3. The van der Waals surface area contributed by atoms with Crippen molar-refractivity contribution in [1.82, 2.24) is 0 Å². The van der Waals surface area contributed by atoms with Gasteiger partial charge < -0.3 is 19.5 Å². The van der Waals surface area contributed by atoms with Crippen LogP contribution in [0.5, 0.6) is 17.2 Å². The van der Waals surface area contributed by atoms with Crippen molar-refractivity contribution in [2.24, 2.45) is 0 Å². The van der Waals surface area contributed by atoms with Gasteiger partial charge in [0.15, 0.2) is 5.78 Å². The molecule has 0 fully saturated rings. The van der Waals surface area contributed by atoms with E-state index < -0.39 is 0 Å². The van der Waals surface area contributed by atoms with Crippen LogP contribution in [-0.2, 0) is 11.4 Å². The summed E-state index contributed by atoms with van der Waals surface area (Å²) in [6.45, 7) is 1.61. The zero-order valence-corrected chi connectivity index (χ0v) is 22.0. The Morgan fingerprint density at radius 3 is 2.28 bits per heavy atom. The second kappa shape index (κ2) is 13.2. The molecule has 3 rings (SSSR count). The first-order chi connectivity index (χ1) is 17.4. The molecule has 0 heterocycles. The molecular formula is C28H29Cl2NO5. The number of anilines is 1. The van der Waals surface area contributed by atoms with E-state index in [-0.39, 0.29) is 18.3 Å². The van der Waals surface area contributed by atoms with Gasteiger partial charge in [0, 0.05) is 48.0 Å². The normalized spacial score (nSPS) is 10.6. The monoisotopic (exact) mass is 529 g/mol. The van der Waals surface area contributed by atoms with E-state index in [1.807, 2.05) is 36.4 Å². The Balaban J connectivity index is 1.74. The van der Waals surface area contributed by atoms with Gasteiger partial charge >= 0.3 is 0 Å². The molecular weight excluding hydrogens is 501 g/mol. The smallest absolute Gasteiger partial charge is 0.221 e. The van der Waals surface area contributed by atoms with Gasteiger partial charge in [-0.25, -0.2) is 0 Å². The number of unbranched alkanes of at least 4 members (excludes halogenated alkanes) is 1. The van der Waals surface area contributed by atoms with Crippen LogP contribution in [0.25, 0.3) is 11.1 Å². The number of nitrogens with one attached hydrogen (secondary N) is 1. The highest BCUT2D eigenvalue weighted by Crippen LogP contribution is 2.35. The molecule has 3 aromatic rings. The van der Waals surface area contributed by atoms with Crippen LogP contribution in [0.15, 0.2) is 54.6 Å². The van der Waals surface area contributed by atoms with E-state index in [1.54, 1.807) is 32.4 Å². The van der Waals surface area contributed by atoms with E-state index in [4.69, 9.17) is 37.4 Å². The van der Waals surface area contributed by atoms with Crippen molar-refractivity contribution < 1.29 is 23.8 Å². The molecule has 190 valence electrons. The summed E-state index contributed by atoms with van der Waals surface area (Å²) in [5.74, 6) is 2.24. The number of ether oxygens (including phenoxy) is 3. The molecule has 0 atom stereocenters. The first-order valence-electron chi connectivity index (χ1n) is 11.5. The van der Waals surface area contributed by atoms with E-state index in [2.05, 4.69) is 5.32 Å². The summed E-state index contributed by atoms with van der Waals surface area (Å²) in [6.07, 6.45) is 2.11. The summed E-state index contributed by atoms with van der Waals surface area (Å²) in [4.78, 5) is 23.7. The highest BCUT2D eigenvalue weighted by atomic mass is 35.5. The van der Waals surface area contributed by atoms with Gasteiger partial charge in [-0.3, -0.25) is 9.59 Å². The maximum Gasteiger partial charge on any atom is 0.221 e. The van der Waals surface area contributed by atoms with Crippen molar-refractivity contribution in [3.8, 4) is 28.4 Å². The summed E-state index contributed by atoms with van der Waals surface area (Å²) in [6, 6.07) is 16.4. The molecule has 8 heteroatoms. The van der Waals surface area contributed by atoms with Crippen molar-refractivity contribution in [3.05, 3.63) is 70.7 Å². The Bertz CT molecular complexity index is 1210. The molecule has 0 aliphatic heterocycles. The van der Waals surface area contributed by atoms with Crippen molar-refractivity contribution in [3.63, 3.8) is 0 Å². The molecule has 1 amide bonds. The van der Waals surface area contributed by atoms with Gasteiger partial charge in [0.05, 0.1) is 24.9 Å². The average Bonchev–Trinajstić information content (AvgIpc) is 2.88. The SMILES string of the molecule is COc1cc(NC(C)=O)c(Cl)cc1COc1ccc(-c2ccc(C(=O)CCCCCl)cc2)c(OC)c1. The fraction of sp³-hybridized carbons (Fsp3) is 0.286. The molecule has 0 aromatic heterocycles. The second-order valence-corrected chi connectivity index (χ2v) is 8.91.